The van der Waals surface area contributed by atoms with Crippen LogP contribution in [-0.2, 0) is 24.5 Å². The highest BCUT2D eigenvalue weighted by atomic mass is 32.1. The Balaban J connectivity index is 0.000000501. The summed E-state index contributed by atoms with van der Waals surface area (Å²) in [6.45, 7) is 8.76. The Hall–Kier alpha value is -2.97. The van der Waals surface area contributed by atoms with E-state index in [1.807, 2.05) is 31.2 Å². The number of carbonyl (C=O) groups is 3. The minimum absolute atomic E-state index is 0.0798. The first-order chi connectivity index (χ1) is 14.9. The predicted octanol–water partition coefficient (Wildman–Crippen LogP) is 3.65. The van der Waals surface area contributed by atoms with E-state index >= 15 is 0 Å². The molecule has 3 rings (SSSR count). The molecule has 8 heteroatoms. The Labute approximate surface area is 185 Å². The number of ether oxygens (including phenoxy) is 1. The molecule has 2 aromatic rings. The number of likely N-dealkylation sites (tertiary alicyclic amines) is 1. The van der Waals surface area contributed by atoms with Crippen molar-refractivity contribution in [3.8, 4) is 10.4 Å². The molecule has 1 aromatic heterocycles. The second-order valence-corrected chi connectivity index (χ2v) is 7.95. The molecule has 0 saturated carbocycles. The van der Waals surface area contributed by atoms with Gasteiger partial charge in [0.1, 0.15) is 0 Å². The zero-order valence-corrected chi connectivity index (χ0v) is 18.3. The largest absolute Gasteiger partial charge is 0.473 e. The second kappa shape index (κ2) is 11.4. The van der Waals surface area contributed by atoms with Crippen LogP contribution in [0.1, 0.15) is 25.3 Å². The summed E-state index contributed by atoms with van der Waals surface area (Å²) in [6.07, 6.45) is 3.50. The number of benzene rings is 1. The van der Waals surface area contributed by atoms with Gasteiger partial charge in [0.25, 0.3) is 0 Å². The molecule has 1 saturated heterocycles. The van der Waals surface area contributed by atoms with Crippen LogP contribution < -0.4 is 0 Å². The average molecular weight is 446 g/mol. The molecule has 2 N–H and O–H groups in total. The van der Waals surface area contributed by atoms with Gasteiger partial charge in [-0.25, -0.2) is 9.59 Å². The van der Waals surface area contributed by atoms with E-state index in [9.17, 15) is 4.79 Å². The van der Waals surface area contributed by atoms with Gasteiger partial charge in [0.2, 0.25) is 0 Å². The van der Waals surface area contributed by atoms with Crippen molar-refractivity contribution in [1.82, 2.24) is 4.90 Å². The third kappa shape index (κ3) is 6.02. The van der Waals surface area contributed by atoms with Crippen LogP contribution in [-0.4, -0.2) is 59.3 Å². The molecule has 7 nitrogen and oxygen atoms in total. The first kappa shape index (κ1) is 24.3. The molecule has 0 radical (unpaired) electrons. The van der Waals surface area contributed by atoms with E-state index in [4.69, 9.17) is 24.5 Å². The van der Waals surface area contributed by atoms with E-state index in [1.165, 1.54) is 10.4 Å². The lowest BCUT2D eigenvalue weighted by molar-refractivity contribution is -0.159. The quantitative estimate of drug-likeness (QED) is 0.397. The highest BCUT2D eigenvalue weighted by Gasteiger charge is 2.45. The van der Waals surface area contributed by atoms with E-state index < -0.39 is 17.4 Å². The monoisotopic (exact) mass is 445 g/mol. The Morgan fingerprint density at radius 3 is 2.26 bits per heavy atom. The summed E-state index contributed by atoms with van der Waals surface area (Å²) in [4.78, 5) is 34.7. The number of hydrogen-bond donors (Lipinski definition) is 2. The van der Waals surface area contributed by atoms with Crippen molar-refractivity contribution in [2.45, 2.75) is 25.2 Å². The Bertz CT molecular complexity index is 888. The first-order valence-electron chi connectivity index (χ1n) is 9.95. The summed E-state index contributed by atoms with van der Waals surface area (Å²) in [6, 6.07) is 12.5. The second-order valence-electron chi connectivity index (χ2n) is 7.03. The normalized spacial score (nSPS) is 15.3. The number of rotatable bonds is 6. The van der Waals surface area contributed by atoms with Crippen molar-refractivity contribution in [2.75, 3.05) is 26.2 Å². The van der Waals surface area contributed by atoms with Crippen LogP contribution in [0.3, 0.4) is 0 Å². The van der Waals surface area contributed by atoms with Crippen molar-refractivity contribution in [1.29, 1.82) is 0 Å². The number of carboxylic acid groups (broad SMARTS) is 2. The highest BCUT2D eigenvalue weighted by Crippen LogP contribution is 2.44. The summed E-state index contributed by atoms with van der Waals surface area (Å²) < 4.78 is 5.52. The molecule has 1 aliphatic heterocycles. The van der Waals surface area contributed by atoms with Crippen molar-refractivity contribution in [3.63, 3.8) is 0 Å². The fourth-order valence-corrected chi connectivity index (χ4v) is 4.65. The SMILES string of the molecule is C=CCN1CCC(C(=O)OCC)(c2ccsc2-c2ccccc2)CC1.O=C(O)C(=O)O. The molecular weight excluding hydrogens is 418 g/mol. The molecule has 0 spiro atoms. The standard InChI is InChI=1S/C21H25NO2S.C2H2O4/c1-3-13-22-14-11-21(12-15-22,20(23)24-4-2)18-10-16-25-19(18)17-8-6-5-7-9-17;3-1(4)2(5)6/h3,5-10,16H,1,4,11-15H2,2H3;(H,3,4)(H,5,6). The Kier molecular flexibility index (Phi) is 8.96. The molecule has 1 aromatic carbocycles. The molecule has 2 heterocycles. The lowest BCUT2D eigenvalue weighted by atomic mass is 9.72. The topological polar surface area (TPSA) is 104 Å². The van der Waals surface area contributed by atoms with Gasteiger partial charge in [-0.15, -0.1) is 17.9 Å². The molecule has 31 heavy (non-hydrogen) atoms. The van der Waals surface area contributed by atoms with Crippen LogP contribution in [0.5, 0.6) is 0 Å². The number of esters is 1. The van der Waals surface area contributed by atoms with Gasteiger partial charge in [0.05, 0.1) is 12.0 Å². The number of piperidine rings is 1. The molecule has 1 aliphatic rings. The van der Waals surface area contributed by atoms with Gasteiger partial charge in [-0.3, -0.25) is 9.69 Å². The minimum Gasteiger partial charge on any atom is -0.473 e. The maximum atomic E-state index is 13.0. The van der Waals surface area contributed by atoms with Crippen LogP contribution in [0.25, 0.3) is 10.4 Å². The van der Waals surface area contributed by atoms with Crippen molar-refractivity contribution in [2.24, 2.45) is 0 Å². The van der Waals surface area contributed by atoms with Crippen LogP contribution in [0.4, 0.5) is 0 Å². The third-order valence-electron chi connectivity index (χ3n) is 5.16. The van der Waals surface area contributed by atoms with Crippen molar-refractivity contribution < 1.29 is 29.3 Å². The van der Waals surface area contributed by atoms with Crippen LogP contribution >= 0.6 is 11.3 Å². The summed E-state index contributed by atoms with van der Waals surface area (Å²) in [5, 5.41) is 16.9. The lowest BCUT2D eigenvalue weighted by Gasteiger charge is -2.40. The fourth-order valence-electron chi connectivity index (χ4n) is 3.65. The Morgan fingerprint density at radius 2 is 1.74 bits per heavy atom. The average Bonchev–Trinajstić information content (AvgIpc) is 3.26. The number of thiophene rings is 1. The molecule has 1 fully saturated rings. The van der Waals surface area contributed by atoms with Gasteiger partial charge in [-0.2, -0.15) is 0 Å². The summed E-state index contributed by atoms with van der Waals surface area (Å²) in [5.74, 6) is -3.73. The van der Waals surface area contributed by atoms with Crippen molar-refractivity contribution >= 4 is 29.2 Å². The van der Waals surface area contributed by atoms with Gasteiger partial charge in [0, 0.05) is 11.4 Å². The van der Waals surface area contributed by atoms with E-state index in [2.05, 4.69) is 35.1 Å². The summed E-state index contributed by atoms with van der Waals surface area (Å²) >= 11 is 1.70. The predicted molar refractivity (Wildman–Crippen MR) is 119 cm³/mol. The lowest BCUT2D eigenvalue weighted by Crippen LogP contribution is -2.48. The third-order valence-corrected chi connectivity index (χ3v) is 6.13. The van der Waals surface area contributed by atoms with Gasteiger partial charge in [-0.05, 0) is 55.4 Å². The minimum atomic E-state index is -1.82. The molecular formula is C23H27NO6S. The van der Waals surface area contributed by atoms with Crippen LogP contribution in [0.15, 0.2) is 54.4 Å². The summed E-state index contributed by atoms with van der Waals surface area (Å²) in [5.41, 5.74) is 1.75. The number of hydrogen-bond acceptors (Lipinski definition) is 6. The van der Waals surface area contributed by atoms with E-state index in [1.54, 1.807) is 11.3 Å². The van der Waals surface area contributed by atoms with E-state index in [0.717, 1.165) is 38.0 Å². The van der Waals surface area contributed by atoms with E-state index in [0.29, 0.717) is 6.61 Å². The Morgan fingerprint density at radius 1 is 1.13 bits per heavy atom. The first-order valence-corrected chi connectivity index (χ1v) is 10.8. The number of aliphatic carboxylic acids is 2. The molecule has 0 bridgehead atoms. The highest BCUT2D eigenvalue weighted by molar-refractivity contribution is 7.13. The number of carboxylic acids is 2. The van der Waals surface area contributed by atoms with Gasteiger partial charge in [0.15, 0.2) is 0 Å². The molecule has 0 unspecified atom stereocenters. The van der Waals surface area contributed by atoms with E-state index in [-0.39, 0.29) is 5.97 Å². The van der Waals surface area contributed by atoms with Gasteiger partial charge >= 0.3 is 17.9 Å². The fraction of sp³-hybridized carbons (Fsp3) is 0.348. The molecule has 166 valence electrons. The number of carbonyl (C=O) groups excluding carboxylic acids is 1. The van der Waals surface area contributed by atoms with Gasteiger partial charge < -0.3 is 14.9 Å². The molecule has 0 aliphatic carbocycles. The maximum Gasteiger partial charge on any atom is 0.414 e. The number of nitrogens with zero attached hydrogens (tertiary/aromatic N) is 1. The van der Waals surface area contributed by atoms with Crippen molar-refractivity contribution in [3.05, 3.63) is 60.0 Å². The zero-order chi connectivity index (χ0) is 22.9. The van der Waals surface area contributed by atoms with Gasteiger partial charge in [-0.1, -0.05) is 36.4 Å². The molecule has 0 amide bonds. The molecule has 0 atom stereocenters. The zero-order valence-electron chi connectivity index (χ0n) is 17.5. The van der Waals surface area contributed by atoms with Crippen LogP contribution in [0.2, 0.25) is 0 Å². The maximum absolute atomic E-state index is 13.0. The smallest absolute Gasteiger partial charge is 0.414 e. The summed E-state index contributed by atoms with van der Waals surface area (Å²) in [7, 11) is 0. The van der Waals surface area contributed by atoms with Crippen LogP contribution in [0, 0.1) is 0 Å².